The van der Waals surface area contributed by atoms with Crippen molar-refractivity contribution in [2.75, 3.05) is 0 Å². The van der Waals surface area contributed by atoms with Gasteiger partial charge in [0.05, 0.1) is 5.69 Å². The number of benzene rings is 1. The topological polar surface area (TPSA) is 25.8 Å². The number of halogens is 2. The standard InChI is InChI=1S/C15H16ClFN2/c1-8(2)15-18-13(10(4)14(16)19-15)11-5-9(3)6-12(17)7-11/h5-8H,1-4H3. The second kappa shape index (κ2) is 5.25. The highest BCUT2D eigenvalue weighted by Crippen LogP contribution is 2.28. The van der Waals surface area contributed by atoms with Gasteiger partial charge in [-0.3, -0.25) is 0 Å². The summed E-state index contributed by atoms with van der Waals surface area (Å²) in [5.41, 5.74) is 3.07. The monoisotopic (exact) mass is 278 g/mol. The van der Waals surface area contributed by atoms with Crippen molar-refractivity contribution in [2.45, 2.75) is 33.6 Å². The summed E-state index contributed by atoms with van der Waals surface area (Å²) in [6.45, 7) is 7.71. The molecule has 0 unspecified atom stereocenters. The molecule has 100 valence electrons. The van der Waals surface area contributed by atoms with Crippen molar-refractivity contribution < 1.29 is 4.39 Å². The van der Waals surface area contributed by atoms with E-state index in [4.69, 9.17) is 11.6 Å². The molecule has 0 fully saturated rings. The average molecular weight is 279 g/mol. The van der Waals surface area contributed by atoms with Gasteiger partial charge >= 0.3 is 0 Å². The fourth-order valence-electron chi connectivity index (χ4n) is 1.92. The van der Waals surface area contributed by atoms with E-state index in [1.54, 1.807) is 0 Å². The summed E-state index contributed by atoms with van der Waals surface area (Å²) in [7, 11) is 0. The van der Waals surface area contributed by atoms with Gasteiger partial charge in [-0.25, -0.2) is 14.4 Å². The lowest BCUT2D eigenvalue weighted by atomic mass is 10.0. The first-order valence-electron chi connectivity index (χ1n) is 6.20. The van der Waals surface area contributed by atoms with Gasteiger partial charge in [-0.15, -0.1) is 0 Å². The van der Waals surface area contributed by atoms with E-state index in [9.17, 15) is 4.39 Å². The minimum atomic E-state index is -0.268. The highest BCUT2D eigenvalue weighted by atomic mass is 35.5. The number of nitrogens with zero attached hydrogens (tertiary/aromatic N) is 2. The molecular weight excluding hydrogens is 263 g/mol. The Balaban J connectivity index is 2.66. The second-order valence-electron chi connectivity index (χ2n) is 5.02. The van der Waals surface area contributed by atoms with E-state index in [1.807, 2.05) is 33.8 Å². The molecule has 0 amide bonds. The molecule has 0 saturated carbocycles. The molecule has 0 radical (unpaired) electrons. The lowest BCUT2D eigenvalue weighted by Gasteiger charge is -2.12. The molecule has 0 aliphatic heterocycles. The van der Waals surface area contributed by atoms with E-state index in [2.05, 4.69) is 9.97 Å². The summed E-state index contributed by atoms with van der Waals surface area (Å²) >= 11 is 6.15. The molecular formula is C15H16ClFN2. The highest BCUT2D eigenvalue weighted by Gasteiger charge is 2.14. The molecule has 0 spiro atoms. The van der Waals surface area contributed by atoms with E-state index in [0.717, 1.165) is 16.7 Å². The predicted octanol–water partition coefficient (Wildman–Crippen LogP) is 4.68. The molecule has 1 heterocycles. The summed E-state index contributed by atoms with van der Waals surface area (Å²) in [6, 6.07) is 4.87. The van der Waals surface area contributed by atoms with Gasteiger partial charge in [-0.2, -0.15) is 0 Å². The van der Waals surface area contributed by atoms with E-state index >= 15 is 0 Å². The molecule has 2 rings (SSSR count). The maximum absolute atomic E-state index is 13.5. The minimum absolute atomic E-state index is 0.173. The molecule has 0 aliphatic carbocycles. The van der Waals surface area contributed by atoms with Crippen LogP contribution in [0, 0.1) is 19.7 Å². The number of rotatable bonds is 2. The summed E-state index contributed by atoms with van der Waals surface area (Å²) in [5.74, 6) is 0.578. The first kappa shape index (κ1) is 13.9. The van der Waals surface area contributed by atoms with Crippen LogP contribution in [0.1, 0.15) is 36.7 Å². The van der Waals surface area contributed by atoms with Gasteiger partial charge in [0.25, 0.3) is 0 Å². The fourth-order valence-corrected chi connectivity index (χ4v) is 2.09. The number of aromatic nitrogens is 2. The minimum Gasteiger partial charge on any atom is -0.232 e. The SMILES string of the molecule is Cc1cc(F)cc(-c2nc(C(C)C)nc(Cl)c2C)c1. The molecule has 0 saturated heterocycles. The van der Waals surface area contributed by atoms with Crippen LogP contribution in [0.4, 0.5) is 4.39 Å². The third kappa shape index (κ3) is 2.92. The zero-order valence-electron chi connectivity index (χ0n) is 11.5. The maximum atomic E-state index is 13.5. The van der Waals surface area contributed by atoms with E-state index in [0.29, 0.717) is 16.7 Å². The second-order valence-corrected chi connectivity index (χ2v) is 5.38. The van der Waals surface area contributed by atoms with Gasteiger partial charge in [0, 0.05) is 17.0 Å². The van der Waals surface area contributed by atoms with Crippen LogP contribution in [-0.4, -0.2) is 9.97 Å². The predicted molar refractivity (Wildman–Crippen MR) is 76.0 cm³/mol. The van der Waals surface area contributed by atoms with Crippen LogP contribution in [0.3, 0.4) is 0 Å². The highest BCUT2D eigenvalue weighted by molar-refractivity contribution is 6.30. The summed E-state index contributed by atoms with van der Waals surface area (Å²) in [5, 5.41) is 0.426. The average Bonchev–Trinajstić information content (AvgIpc) is 2.30. The number of hydrogen-bond acceptors (Lipinski definition) is 2. The Kier molecular flexibility index (Phi) is 3.85. The number of aryl methyl sites for hydroxylation is 1. The fraction of sp³-hybridized carbons (Fsp3) is 0.333. The summed E-state index contributed by atoms with van der Waals surface area (Å²) in [4.78, 5) is 8.79. The van der Waals surface area contributed by atoms with Crippen molar-refractivity contribution in [3.8, 4) is 11.3 Å². The molecule has 1 aromatic heterocycles. The Labute approximate surface area is 117 Å². The van der Waals surface area contributed by atoms with Crippen molar-refractivity contribution in [3.63, 3.8) is 0 Å². The Hall–Kier alpha value is -1.48. The largest absolute Gasteiger partial charge is 0.232 e. The molecule has 0 bridgehead atoms. The van der Waals surface area contributed by atoms with Crippen molar-refractivity contribution in [3.05, 3.63) is 46.1 Å². The first-order valence-corrected chi connectivity index (χ1v) is 6.58. The van der Waals surface area contributed by atoms with Crippen LogP contribution in [0.5, 0.6) is 0 Å². The Morgan fingerprint density at radius 1 is 1.11 bits per heavy atom. The van der Waals surface area contributed by atoms with Gasteiger partial charge in [-0.1, -0.05) is 25.4 Å². The molecule has 4 heteroatoms. The van der Waals surface area contributed by atoms with Crippen LogP contribution >= 0.6 is 11.6 Å². The molecule has 2 nitrogen and oxygen atoms in total. The van der Waals surface area contributed by atoms with Gasteiger partial charge < -0.3 is 0 Å². The van der Waals surface area contributed by atoms with Crippen LogP contribution < -0.4 is 0 Å². The van der Waals surface area contributed by atoms with Crippen molar-refractivity contribution >= 4 is 11.6 Å². The van der Waals surface area contributed by atoms with Crippen molar-refractivity contribution in [1.29, 1.82) is 0 Å². The molecule has 0 N–H and O–H groups in total. The first-order chi connectivity index (χ1) is 8.88. The van der Waals surface area contributed by atoms with Gasteiger partial charge in [0.15, 0.2) is 0 Å². The molecule has 0 atom stereocenters. The zero-order chi connectivity index (χ0) is 14.2. The van der Waals surface area contributed by atoms with Gasteiger partial charge in [-0.05, 0) is 37.6 Å². The van der Waals surface area contributed by atoms with Gasteiger partial charge in [0.1, 0.15) is 16.8 Å². The smallest absolute Gasteiger partial charge is 0.136 e. The molecule has 2 aromatic rings. The van der Waals surface area contributed by atoms with E-state index in [-0.39, 0.29) is 11.7 Å². The third-order valence-corrected chi connectivity index (χ3v) is 3.30. The maximum Gasteiger partial charge on any atom is 0.136 e. The molecule has 1 aromatic carbocycles. The van der Waals surface area contributed by atoms with Gasteiger partial charge in [0.2, 0.25) is 0 Å². The van der Waals surface area contributed by atoms with Crippen LogP contribution in [0.15, 0.2) is 18.2 Å². The summed E-state index contributed by atoms with van der Waals surface area (Å²) in [6.07, 6.45) is 0. The summed E-state index contributed by atoms with van der Waals surface area (Å²) < 4.78 is 13.5. The van der Waals surface area contributed by atoms with E-state index < -0.39 is 0 Å². The van der Waals surface area contributed by atoms with E-state index in [1.165, 1.54) is 12.1 Å². The quantitative estimate of drug-likeness (QED) is 0.746. The van der Waals surface area contributed by atoms with Crippen LogP contribution in [-0.2, 0) is 0 Å². The van der Waals surface area contributed by atoms with Crippen molar-refractivity contribution in [1.82, 2.24) is 9.97 Å². The molecule has 19 heavy (non-hydrogen) atoms. The van der Waals surface area contributed by atoms with Crippen LogP contribution in [0.25, 0.3) is 11.3 Å². The Morgan fingerprint density at radius 2 is 1.79 bits per heavy atom. The normalized spacial score (nSPS) is 11.1. The third-order valence-electron chi connectivity index (χ3n) is 2.94. The lowest BCUT2D eigenvalue weighted by molar-refractivity contribution is 0.627. The van der Waals surface area contributed by atoms with Crippen molar-refractivity contribution in [2.24, 2.45) is 0 Å². The number of hydrogen-bond donors (Lipinski definition) is 0. The zero-order valence-corrected chi connectivity index (χ0v) is 12.2. The Morgan fingerprint density at radius 3 is 2.37 bits per heavy atom. The lowest BCUT2D eigenvalue weighted by Crippen LogP contribution is -2.02. The van der Waals surface area contributed by atoms with Crippen LogP contribution in [0.2, 0.25) is 5.15 Å². The Bertz CT molecular complexity index is 604. The molecule has 0 aliphatic rings.